The summed E-state index contributed by atoms with van der Waals surface area (Å²) in [5, 5.41) is 11.2. The van der Waals surface area contributed by atoms with Gasteiger partial charge in [-0.05, 0) is 50.2 Å². The average molecular weight is 438 g/mol. The van der Waals surface area contributed by atoms with Gasteiger partial charge in [0.2, 0.25) is 5.89 Å². The Hall–Kier alpha value is -2.97. The van der Waals surface area contributed by atoms with E-state index in [1.54, 1.807) is 42.2 Å². The number of benzene rings is 2. The third-order valence-electron chi connectivity index (χ3n) is 4.24. The normalized spacial score (nSPS) is 11.9. The number of ether oxygens (including phenoxy) is 1. The quantitative estimate of drug-likeness (QED) is 0.271. The molecule has 0 bridgehead atoms. The Morgan fingerprint density at radius 1 is 1.13 bits per heavy atom. The molecule has 0 fully saturated rings. The summed E-state index contributed by atoms with van der Waals surface area (Å²) in [4.78, 5) is 18.0. The third-order valence-corrected chi connectivity index (χ3v) is 6.10. The summed E-state index contributed by atoms with van der Waals surface area (Å²) in [6.45, 7) is 3.71. The maximum Gasteiger partial charge on any atom is 0.338 e. The first kappa shape index (κ1) is 20.3. The van der Waals surface area contributed by atoms with Crippen LogP contribution in [0.1, 0.15) is 40.0 Å². The molecule has 4 rings (SSSR count). The van der Waals surface area contributed by atoms with Crippen LogP contribution in [-0.2, 0) is 10.5 Å². The molecule has 30 heavy (non-hydrogen) atoms. The van der Waals surface area contributed by atoms with Crippen LogP contribution in [0, 0.1) is 6.92 Å². The Bertz CT molecular complexity index is 1120. The van der Waals surface area contributed by atoms with E-state index >= 15 is 0 Å². The molecule has 0 radical (unpaired) electrons. The highest BCUT2D eigenvalue weighted by Gasteiger charge is 2.20. The molecule has 0 spiro atoms. The largest absolute Gasteiger partial charge is 0.449 e. The number of aryl methyl sites for hydroxylation is 1. The molecule has 0 aliphatic heterocycles. The number of aromatic nitrogens is 3. The number of thioether (sulfide) groups is 1. The Morgan fingerprint density at radius 3 is 2.60 bits per heavy atom. The van der Waals surface area contributed by atoms with Crippen molar-refractivity contribution in [3.63, 3.8) is 0 Å². The molecule has 2 aromatic carbocycles. The molecule has 0 aliphatic rings. The van der Waals surface area contributed by atoms with Crippen LogP contribution in [0.25, 0.3) is 11.5 Å². The molecule has 0 saturated heterocycles. The van der Waals surface area contributed by atoms with E-state index in [1.165, 1.54) is 0 Å². The fourth-order valence-electron chi connectivity index (χ4n) is 2.69. The van der Waals surface area contributed by atoms with Gasteiger partial charge in [-0.1, -0.05) is 18.2 Å². The Kier molecular flexibility index (Phi) is 6.25. The molecule has 2 aromatic heterocycles. The minimum Gasteiger partial charge on any atom is -0.449 e. The fourth-order valence-corrected chi connectivity index (χ4v) is 4.20. The predicted molar refractivity (Wildman–Crippen MR) is 116 cm³/mol. The summed E-state index contributed by atoms with van der Waals surface area (Å²) in [5.41, 5.74) is 2.35. The lowest BCUT2D eigenvalue weighted by Crippen LogP contribution is -2.09. The van der Waals surface area contributed by atoms with Crippen LogP contribution in [0.4, 0.5) is 0 Å². The first-order chi connectivity index (χ1) is 14.6. The van der Waals surface area contributed by atoms with Gasteiger partial charge in [-0.25, -0.2) is 9.78 Å². The van der Waals surface area contributed by atoms with Crippen molar-refractivity contribution < 1.29 is 13.9 Å². The van der Waals surface area contributed by atoms with Gasteiger partial charge in [0.1, 0.15) is 0 Å². The minimum absolute atomic E-state index is 0.257. The monoisotopic (exact) mass is 437 g/mol. The fraction of sp³-hybridized carbons (Fsp3) is 0.182. The molecular formula is C22H19N3O3S2. The summed E-state index contributed by atoms with van der Waals surface area (Å²) in [7, 11) is 0. The first-order valence-electron chi connectivity index (χ1n) is 9.32. The zero-order chi connectivity index (χ0) is 20.9. The lowest BCUT2D eigenvalue weighted by Gasteiger charge is -2.09. The van der Waals surface area contributed by atoms with Crippen molar-refractivity contribution in [1.82, 2.24) is 15.2 Å². The van der Waals surface area contributed by atoms with Crippen LogP contribution < -0.4 is 0 Å². The van der Waals surface area contributed by atoms with E-state index in [4.69, 9.17) is 9.15 Å². The summed E-state index contributed by atoms with van der Waals surface area (Å²) >= 11 is 3.32. The van der Waals surface area contributed by atoms with Gasteiger partial charge in [-0.3, -0.25) is 0 Å². The minimum atomic E-state index is -0.649. The van der Waals surface area contributed by atoms with Crippen molar-refractivity contribution in [3.05, 3.63) is 82.1 Å². The number of hydrogen-bond donors (Lipinski definition) is 0. The van der Waals surface area contributed by atoms with E-state index in [9.17, 15) is 4.79 Å². The second-order valence-corrected chi connectivity index (χ2v) is 8.64. The van der Waals surface area contributed by atoms with Crippen LogP contribution in [-0.4, -0.2) is 21.2 Å². The predicted octanol–water partition coefficient (Wildman–Crippen LogP) is 5.71. The van der Waals surface area contributed by atoms with Crippen LogP contribution in [0.15, 0.2) is 69.3 Å². The van der Waals surface area contributed by atoms with Gasteiger partial charge in [-0.2, -0.15) is 0 Å². The summed E-state index contributed by atoms with van der Waals surface area (Å²) in [6.07, 6.45) is -0.649. The molecule has 8 heteroatoms. The number of nitrogens with zero attached hydrogens (tertiary/aromatic N) is 3. The van der Waals surface area contributed by atoms with Crippen LogP contribution in [0.2, 0.25) is 0 Å². The van der Waals surface area contributed by atoms with Gasteiger partial charge in [0.15, 0.2) is 6.10 Å². The lowest BCUT2D eigenvalue weighted by atomic mass is 10.2. The average Bonchev–Trinajstić information content (AvgIpc) is 3.42. The van der Waals surface area contributed by atoms with Crippen molar-refractivity contribution in [2.24, 2.45) is 0 Å². The Labute approximate surface area is 182 Å². The molecule has 0 saturated carbocycles. The van der Waals surface area contributed by atoms with Crippen LogP contribution >= 0.6 is 23.1 Å². The highest BCUT2D eigenvalue weighted by molar-refractivity contribution is 7.98. The van der Waals surface area contributed by atoms with E-state index in [0.29, 0.717) is 11.5 Å². The van der Waals surface area contributed by atoms with Crippen molar-refractivity contribution in [2.45, 2.75) is 30.6 Å². The summed E-state index contributed by atoms with van der Waals surface area (Å²) in [6, 6.07) is 16.8. The van der Waals surface area contributed by atoms with E-state index in [2.05, 4.69) is 20.6 Å². The number of carbonyl (C=O) groups is 1. The van der Waals surface area contributed by atoms with Crippen molar-refractivity contribution in [3.8, 4) is 11.5 Å². The smallest absolute Gasteiger partial charge is 0.338 e. The van der Waals surface area contributed by atoms with Crippen molar-refractivity contribution in [1.29, 1.82) is 0 Å². The number of rotatable bonds is 7. The second-order valence-electron chi connectivity index (χ2n) is 6.53. The van der Waals surface area contributed by atoms with Gasteiger partial charge in [0.25, 0.3) is 5.89 Å². The van der Waals surface area contributed by atoms with Gasteiger partial charge in [0.05, 0.1) is 16.3 Å². The van der Waals surface area contributed by atoms with E-state index in [0.717, 1.165) is 26.9 Å². The summed E-state index contributed by atoms with van der Waals surface area (Å²) < 4.78 is 11.1. The second kappa shape index (κ2) is 9.23. The highest BCUT2D eigenvalue weighted by atomic mass is 32.2. The number of carbonyl (C=O) groups excluding carboxylic acids is 1. The highest BCUT2D eigenvalue weighted by Crippen LogP contribution is 2.26. The molecule has 0 aliphatic carbocycles. The van der Waals surface area contributed by atoms with Gasteiger partial charge >= 0.3 is 5.97 Å². The zero-order valence-electron chi connectivity index (χ0n) is 16.4. The molecule has 0 amide bonds. The third kappa shape index (κ3) is 4.95. The van der Waals surface area contributed by atoms with Crippen LogP contribution in [0.5, 0.6) is 0 Å². The molecular weight excluding hydrogens is 418 g/mol. The van der Waals surface area contributed by atoms with Gasteiger partial charge in [-0.15, -0.1) is 33.3 Å². The number of esters is 1. The molecule has 1 unspecified atom stereocenters. The standard InChI is InChI=1S/C22H19N3O3S2/c1-14(20-24-25-21(28-20)16-6-4-3-5-7-16)27-22(26)17-8-10-19(11-9-17)30-13-18-12-29-15(2)23-18/h3-12,14H,13H2,1-2H3. The van der Waals surface area contributed by atoms with E-state index in [-0.39, 0.29) is 5.89 Å². The first-order valence-corrected chi connectivity index (χ1v) is 11.2. The Morgan fingerprint density at radius 2 is 1.90 bits per heavy atom. The SMILES string of the molecule is Cc1nc(CSc2ccc(C(=O)OC(C)c3nnc(-c4ccccc4)o3)cc2)cs1. The van der Waals surface area contributed by atoms with E-state index < -0.39 is 12.1 Å². The topological polar surface area (TPSA) is 78.1 Å². The van der Waals surface area contributed by atoms with Crippen molar-refractivity contribution >= 4 is 29.1 Å². The molecule has 0 N–H and O–H groups in total. The lowest BCUT2D eigenvalue weighted by molar-refractivity contribution is 0.0280. The zero-order valence-corrected chi connectivity index (χ0v) is 18.1. The molecule has 152 valence electrons. The van der Waals surface area contributed by atoms with Gasteiger partial charge < -0.3 is 9.15 Å². The molecule has 6 nitrogen and oxygen atoms in total. The maximum absolute atomic E-state index is 12.5. The number of hydrogen-bond acceptors (Lipinski definition) is 8. The maximum atomic E-state index is 12.5. The molecule has 1 atom stereocenters. The molecule has 2 heterocycles. The van der Waals surface area contributed by atoms with E-state index in [1.807, 2.05) is 49.4 Å². The Balaban J connectivity index is 1.34. The summed E-state index contributed by atoms with van der Waals surface area (Å²) in [5.74, 6) is 1.01. The molecule has 4 aromatic rings. The number of thiazole rings is 1. The van der Waals surface area contributed by atoms with Gasteiger partial charge in [0, 0.05) is 21.6 Å². The van der Waals surface area contributed by atoms with Crippen LogP contribution in [0.3, 0.4) is 0 Å². The van der Waals surface area contributed by atoms with Crippen molar-refractivity contribution in [2.75, 3.05) is 0 Å².